The van der Waals surface area contributed by atoms with Gasteiger partial charge in [-0.1, -0.05) is 0 Å². The third-order valence-electron chi connectivity index (χ3n) is 6.33. The molecular formula is C32H28F2N6O7. The highest BCUT2D eigenvalue weighted by Gasteiger charge is 2.23. The highest BCUT2D eigenvalue weighted by molar-refractivity contribution is 6.04. The zero-order valence-corrected chi connectivity index (χ0v) is 25.8. The van der Waals surface area contributed by atoms with Crippen LogP contribution in [0, 0.1) is 11.6 Å². The van der Waals surface area contributed by atoms with E-state index in [2.05, 4.69) is 25.6 Å². The van der Waals surface area contributed by atoms with Gasteiger partial charge in [-0.3, -0.25) is 19.9 Å². The Labute approximate surface area is 266 Å². The van der Waals surface area contributed by atoms with E-state index in [1.165, 1.54) is 50.7 Å². The number of nitrogens with one attached hydrogen (secondary N) is 2. The average molecular weight is 647 g/mol. The van der Waals surface area contributed by atoms with Crippen molar-refractivity contribution in [1.29, 1.82) is 0 Å². The molecule has 47 heavy (non-hydrogen) atoms. The van der Waals surface area contributed by atoms with E-state index in [0.717, 1.165) is 29.0 Å². The van der Waals surface area contributed by atoms with Crippen LogP contribution in [0.2, 0.25) is 0 Å². The van der Waals surface area contributed by atoms with Crippen molar-refractivity contribution in [3.8, 4) is 28.8 Å². The van der Waals surface area contributed by atoms with E-state index in [4.69, 9.17) is 18.9 Å². The predicted octanol–water partition coefficient (Wildman–Crippen LogP) is 5.86. The summed E-state index contributed by atoms with van der Waals surface area (Å²) in [6, 6.07) is 11.5. The minimum Gasteiger partial charge on any atom is -0.491 e. The van der Waals surface area contributed by atoms with Gasteiger partial charge in [-0.15, -0.1) is 0 Å². The molecule has 0 saturated heterocycles. The van der Waals surface area contributed by atoms with Crippen molar-refractivity contribution in [2.75, 3.05) is 24.9 Å². The first-order chi connectivity index (χ1) is 22.4. The van der Waals surface area contributed by atoms with E-state index in [1.807, 2.05) is 0 Å². The summed E-state index contributed by atoms with van der Waals surface area (Å²) in [4.78, 5) is 51.9. The number of fused-ring (bicyclic) bond motifs is 1. The molecule has 0 aliphatic rings. The van der Waals surface area contributed by atoms with Crippen LogP contribution in [0.25, 0.3) is 16.7 Å². The molecule has 0 aliphatic heterocycles. The molecule has 242 valence electrons. The van der Waals surface area contributed by atoms with Crippen molar-refractivity contribution in [3.05, 3.63) is 94.5 Å². The molecule has 3 heterocycles. The molecule has 2 amide bonds. The number of hydrogen-bond donors (Lipinski definition) is 2. The fourth-order valence-electron chi connectivity index (χ4n) is 4.29. The van der Waals surface area contributed by atoms with Crippen LogP contribution in [0.1, 0.15) is 31.1 Å². The minimum absolute atomic E-state index is 0.00680. The summed E-state index contributed by atoms with van der Waals surface area (Å²) in [5.74, 6) is -2.11. The number of anilines is 2. The molecule has 0 fully saturated rings. The molecule has 15 heteroatoms. The molecule has 2 N–H and O–H groups in total. The number of amides is 2. The Morgan fingerprint density at radius 2 is 1.62 bits per heavy atom. The van der Waals surface area contributed by atoms with Crippen LogP contribution in [0.3, 0.4) is 0 Å². The van der Waals surface area contributed by atoms with E-state index >= 15 is 4.39 Å². The minimum atomic E-state index is -0.930. The Bertz CT molecular complexity index is 2050. The molecule has 3 aromatic heterocycles. The third kappa shape index (κ3) is 7.24. The van der Waals surface area contributed by atoms with Gasteiger partial charge in [0.1, 0.15) is 22.5 Å². The summed E-state index contributed by atoms with van der Waals surface area (Å²) in [5.41, 5.74) is -1.42. The maximum atomic E-state index is 15.2. The molecule has 0 unspecified atom stereocenters. The van der Waals surface area contributed by atoms with Crippen molar-refractivity contribution in [3.63, 3.8) is 0 Å². The topological polar surface area (TPSA) is 156 Å². The van der Waals surface area contributed by atoms with Gasteiger partial charge >= 0.3 is 6.09 Å². The summed E-state index contributed by atoms with van der Waals surface area (Å²) < 4.78 is 51.3. The molecule has 0 aliphatic carbocycles. The molecule has 0 atom stereocenters. The third-order valence-corrected chi connectivity index (χ3v) is 6.33. The number of methoxy groups -OCH3 is 2. The van der Waals surface area contributed by atoms with Crippen LogP contribution < -0.4 is 30.4 Å². The lowest BCUT2D eigenvalue weighted by Crippen LogP contribution is -2.33. The van der Waals surface area contributed by atoms with Gasteiger partial charge < -0.3 is 24.3 Å². The number of rotatable bonds is 8. The standard InChI is InChI=1S/C32H28F2N6O7/c1-32(2,3)47-31(43)39-30-36-16-20(29(42)40(30)19-9-6-17(33)7-10-19)27(41)37-18-8-11-23(21(34)14-18)46-24-12-13-35-22-15-25(44-4)28(45-5)38-26(22)24/h6-16H,1-5H3,(H,37,41)(H,36,39,43). The van der Waals surface area contributed by atoms with Gasteiger partial charge in [0.25, 0.3) is 17.3 Å². The summed E-state index contributed by atoms with van der Waals surface area (Å²) in [6.07, 6.45) is 1.49. The molecular weight excluding hydrogens is 618 g/mol. The maximum absolute atomic E-state index is 15.2. The van der Waals surface area contributed by atoms with E-state index < -0.39 is 40.4 Å². The molecule has 0 radical (unpaired) electrons. The second-order valence-corrected chi connectivity index (χ2v) is 10.8. The fraction of sp³-hybridized carbons (Fsp3) is 0.188. The number of hydrogen-bond acceptors (Lipinski definition) is 10. The summed E-state index contributed by atoms with van der Waals surface area (Å²) in [5, 5.41) is 4.83. The van der Waals surface area contributed by atoms with Gasteiger partial charge in [-0.25, -0.2) is 28.1 Å². The smallest absolute Gasteiger partial charge is 0.414 e. The van der Waals surface area contributed by atoms with E-state index in [1.54, 1.807) is 26.8 Å². The number of benzene rings is 2. The van der Waals surface area contributed by atoms with Gasteiger partial charge in [0, 0.05) is 36.3 Å². The van der Waals surface area contributed by atoms with Gasteiger partial charge in [0.05, 0.1) is 25.4 Å². The molecule has 2 aromatic carbocycles. The van der Waals surface area contributed by atoms with Crippen molar-refractivity contribution < 1.29 is 37.3 Å². The van der Waals surface area contributed by atoms with Gasteiger partial charge in [0.15, 0.2) is 23.1 Å². The lowest BCUT2D eigenvalue weighted by atomic mass is 10.2. The normalized spacial score (nSPS) is 11.1. The number of pyridine rings is 2. The van der Waals surface area contributed by atoms with Crippen LogP contribution in [-0.2, 0) is 4.74 Å². The SMILES string of the molecule is COc1cc2nccc(Oc3ccc(NC(=O)c4cnc(NC(=O)OC(C)(C)C)n(-c5ccc(F)cc5)c4=O)cc3F)c2nc1OC. The molecule has 0 saturated carbocycles. The zero-order valence-electron chi connectivity index (χ0n) is 25.8. The number of nitrogens with zero attached hydrogens (tertiary/aromatic N) is 4. The first kappa shape index (κ1) is 32.3. The van der Waals surface area contributed by atoms with Crippen LogP contribution in [0.15, 0.2) is 71.8 Å². The first-order valence-electron chi connectivity index (χ1n) is 13.9. The molecule has 0 bridgehead atoms. The lowest BCUT2D eigenvalue weighted by Gasteiger charge is -2.20. The fourth-order valence-corrected chi connectivity index (χ4v) is 4.29. The van der Waals surface area contributed by atoms with Crippen LogP contribution in [0.4, 0.5) is 25.2 Å². The number of ether oxygens (including phenoxy) is 4. The number of halogens is 2. The van der Waals surface area contributed by atoms with Crippen molar-refractivity contribution in [1.82, 2.24) is 19.5 Å². The number of aromatic nitrogens is 4. The van der Waals surface area contributed by atoms with Crippen molar-refractivity contribution in [2.45, 2.75) is 26.4 Å². The molecule has 5 rings (SSSR count). The van der Waals surface area contributed by atoms with Gasteiger partial charge in [-0.05, 0) is 57.2 Å². The van der Waals surface area contributed by atoms with Crippen LogP contribution in [-0.4, -0.2) is 51.3 Å². The van der Waals surface area contributed by atoms with Crippen molar-refractivity contribution in [2.24, 2.45) is 0 Å². The molecule has 13 nitrogen and oxygen atoms in total. The predicted molar refractivity (Wildman–Crippen MR) is 167 cm³/mol. The monoisotopic (exact) mass is 646 g/mol. The van der Waals surface area contributed by atoms with Crippen LogP contribution >= 0.6 is 0 Å². The second kappa shape index (κ2) is 13.1. The summed E-state index contributed by atoms with van der Waals surface area (Å²) in [7, 11) is 2.88. The van der Waals surface area contributed by atoms with E-state index in [0.29, 0.717) is 11.3 Å². The summed E-state index contributed by atoms with van der Waals surface area (Å²) in [6.45, 7) is 4.94. The Balaban J connectivity index is 1.41. The zero-order chi connectivity index (χ0) is 33.9. The highest BCUT2D eigenvalue weighted by Crippen LogP contribution is 2.35. The number of carbonyl (C=O) groups is 2. The number of carbonyl (C=O) groups excluding carboxylic acids is 2. The van der Waals surface area contributed by atoms with E-state index in [-0.39, 0.29) is 40.2 Å². The van der Waals surface area contributed by atoms with Gasteiger partial charge in [-0.2, -0.15) is 0 Å². The summed E-state index contributed by atoms with van der Waals surface area (Å²) >= 11 is 0. The lowest BCUT2D eigenvalue weighted by molar-refractivity contribution is 0.0634. The highest BCUT2D eigenvalue weighted by atomic mass is 19.1. The van der Waals surface area contributed by atoms with Crippen LogP contribution in [0.5, 0.6) is 23.1 Å². The molecule has 0 spiro atoms. The quantitative estimate of drug-likeness (QED) is 0.209. The molecule has 5 aromatic rings. The second-order valence-electron chi connectivity index (χ2n) is 10.8. The average Bonchev–Trinajstić information content (AvgIpc) is 3.01. The van der Waals surface area contributed by atoms with Crippen molar-refractivity contribution >= 4 is 34.7 Å². The Kier molecular flexibility index (Phi) is 8.99. The Hall–Kier alpha value is -6.12. The Morgan fingerprint density at radius 3 is 2.28 bits per heavy atom. The van der Waals surface area contributed by atoms with Gasteiger partial charge in [0.2, 0.25) is 5.95 Å². The largest absolute Gasteiger partial charge is 0.491 e. The first-order valence-corrected chi connectivity index (χ1v) is 13.9. The maximum Gasteiger partial charge on any atom is 0.414 e. The Morgan fingerprint density at radius 1 is 0.872 bits per heavy atom. The van der Waals surface area contributed by atoms with E-state index in [9.17, 15) is 18.8 Å².